The van der Waals surface area contributed by atoms with Crippen LogP contribution in [0.25, 0.3) is 0 Å². The van der Waals surface area contributed by atoms with Crippen LogP contribution in [-0.4, -0.2) is 47.0 Å². The maximum Gasteiger partial charge on any atom is 0.194 e. The number of guanidine groups is 1. The molecule has 2 heterocycles. The first-order valence-electron chi connectivity index (χ1n) is 7.65. The van der Waals surface area contributed by atoms with E-state index in [4.69, 9.17) is 0 Å². The maximum absolute atomic E-state index is 4.67. The van der Waals surface area contributed by atoms with Gasteiger partial charge < -0.3 is 10.2 Å². The number of hydrogen-bond donors (Lipinski definition) is 1. The second kappa shape index (κ2) is 8.03. The largest absolute Gasteiger partial charge is 0.351 e. The van der Waals surface area contributed by atoms with Gasteiger partial charge in [-0.25, -0.2) is 4.98 Å². The van der Waals surface area contributed by atoms with Crippen LogP contribution >= 0.6 is 23.1 Å². The van der Waals surface area contributed by atoms with Gasteiger partial charge in [-0.1, -0.05) is 20.8 Å². The Morgan fingerprint density at radius 1 is 1.57 bits per heavy atom. The number of thiazole rings is 1. The van der Waals surface area contributed by atoms with E-state index < -0.39 is 0 Å². The van der Waals surface area contributed by atoms with Gasteiger partial charge in [-0.15, -0.1) is 11.3 Å². The summed E-state index contributed by atoms with van der Waals surface area (Å²) in [6.07, 6.45) is 1.22. The van der Waals surface area contributed by atoms with Crippen LogP contribution in [0.15, 0.2) is 10.4 Å². The van der Waals surface area contributed by atoms with Crippen LogP contribution in [0.5, 0.6) is 0 Å². The minimum absolute atomic E-state index is 0.507. The zero-order chi connectivity index (χ0) is 15.2. The smallest absolute Gasteiger partial charge is 0.194 e. The van der Waals surface area contributed by atoms with Gasteiger partial charge >= 0.3 is 0 Å². The van der Waals surface area contributed by atoms with Crippen molar-refractivity contribution < 1.29 is 0 Å². The first-order valence-corrected chi connectivity index (χ1v) is 9.58. The summed E-state index contributed by atoms with van der Waals surface area (Å²) < 4.78 is 0. The van der Waals surface area contributed by atoms with Crippen molar-refractivity contribution in [3.63, 3.8) is 0 Å². The van der Waals surface area contributed by atoms with E-state index in [2.05, 4.69) is 58.1 Å². The Morgan fingerprint density at radius 3 is 3.00 bits per heavy atom. The van der Waals surface area contributed by atoms with Crippen molar-refractivity contribution >= 4 is 29.1 Å². The van der Waals surface area contributed by atoms with Gasteiger partial charge in [0, 0.05) is 42.4 Å². The summed E-state index contributed by atoms with van der Waals surface area (Å²) in [6.45, 7) is 9.57. The summed E-state index contributed by atoms with van der Waals surface area (Å²) in [5.74, 6) is 2.70. The number of hydrogen-bond acceptors (Lipinski definition) is 4. The zero-order valence-corrected chi connectivity index (χ0v) is 15.1. The highest BCUT2D eigenvalue weighted by molar-refractivity contribution is 8.00. The van der Waals surface area contributed by atoms with E-state index in [1.54, 1.807) is 11.3 Å². The van der Waals surface area contributed by atoms with Gasteiger partial charge in [-0.05, 0) is 6.42 Å². The quantitative estimate of drug-likeness (QED) is 0.681. The molecule has 0 amide bonds. The molecule has 0 saturated carbocycles. The fourth-order valence-corrected chi connectivity index (χ4v) is 4.34. The lowest BCUT2D eigenvalue weighted by Crippen LogP contribution is -2.47. The second-order valence-electron chi connectivity index (χ2n) is 5.58. The Labute approximate surface area is 136 Å². The average molecular weight is 327 g/mol. The van der Waals surface area contributed by atoms with Crippen molar-refractivity contribution in [2.24, 2.45) is 4.99 Å². The third-order valence-corrected chi connectivity index (χ3v) is 6.16. The molecule has 2 rings (SSSR count). The van der Waals surface area contributed by atoms with E-state index in [9.17, 15) is 0 Å². The van der Waals surface area contributed by atoms with E-state index in [1.165, 1.54) is 17.2 Å². The lowest BCUT2D eigenvalue weighted by atomic mass is 10.2. The van der Waals surface area contributed by atoms with E-state index in [0.717, 1.165) is 36.5 Å². The SMILES string of the molecule is CCC1CN(C(=NC)NCc2csc(C(C)C)n2)CCS1. The lowest BCUT2D eigenvalue weighted by Gasteiger charge is -2.34. The molecule has 21 heavy (non-hydrogen) atoms. The maximum atomic E-state index is 4.67. The molecule has 0 aromatic carbocycles. The number of aliphatic imine (C=N–C) groups is 1. The molecule has 0 spiro atoms. The number of aromatic nitrogens is 1. The summed E-state index contributed by atoms with van der Waals surface area (Å²) in [6, 6.07) is 0. The van der Waals surface area contributed by atoms with Crippen LogP contribution in [0.4, 0.5) is 0 Å². The first-order chi connectivity index (χ1) is 10.1. The third kappa shape index (κ3) is 4.61. The van der Waals surface area contributed by atoms with Gasteiger partial charge in [0.25, 0.3) is 0 Å². The summed E-state index contributed by atoms with van der Waals surface area (Å²) in [7, 11) is 1.87. The fraction of sp³-hybridized carbons (Fsp3) is 0.733. The van der Waals surface area contributed by atoms with E-state index in [1.807, 2.05) is 7.05 Å². The fourth-order valence-electron chi connectivity index (χ4n) is 2.33. The minimum Gasteiger partial charge on any atom is -0.351 e. The average Bonchev–Trinajstić information content (AvgIpc) is 2.97. The highest BCUT2D eigenvalue weighted by Crippen LogP contribution is 2.21. The van der Waals surface area contributed by atoms with Crippen molar-refractivity contribution in [3.05, 3.63) is 16.1 Å². The molecule has 1 fully saturated rings. The third-order valence-electron chi connectivity index (χ3n) is 3.60. The van der Waals surface area contributed by atoms with E-state index in [0.29, 0.717) is 5.92 Å². The highest BCUT2D eigenvalue weighted by atomic mass is 32.2. The molecule has 1 saturated heterocycles. The molecule has 4 nitrogen and oxygen atoms in total. The molecule has 6 heteroatoms. The van der Waals surface area contributed by atoms with Crippen LogP contribution in [0.1, 0.15) is 43.8 Å². The Morgan fingerprint density at radius 2 is 2.38 bits per heavy atom. The number of nitrogens with one attached hydrogen (secondary N) is 1. The van der Waals surface area contributed by atoms with E-state index >= 15 is 0 Å². The normalized spacial score (nSPS) is 20.1. The highest BCUT2D eigenvalue weighted by Gasteiger charge is 2.21. The molecule has 1 unspecified atom stereocenters. The van der Waals surface area contributed by atoms with Crippen molar-refractivity contribution in [2.45, 2.75) is 44.9 Å². The standard InChI is InChI=1S/C15H26N4S2/c1-5-13-9-19(6-7-20-13)15(16-4)17-8-12-10-21-14(18-12)11(2)3/h10-11,13H,5-9H2,1-4H3,(H,16,17). The number of nitrogens with zero attached hydrogens (tertiary/aromatic N) is 3. The molecular weight excluding hydrogens is 300 g/mol. The van der Waals surface area contributed by atoms with Crippen molar-refractivity contribution in [1.29, 1.82) is 0 Å². The molecule has 118 valence electrons. The topological polar surface area (TPSA) is 40.5 Å². The number of rotatable bonds is 4. The second-order valence-corrected chi connectivity index (χ2v) is 7.88. The van der Waals surface area contributed by atoms with E-state index in [-0.39, 0.29) is 0 Å². The molecule has 1 atom stereocenters. The van der Waals surface area contributed by atoms with Gasteiger partial charge in [0.2, 0.25) is 0 Å². The first kappa shape index (κ1) is 16.6. The monoisotopic (exact) mass is 326 g/mol. The lowest BCUT2D eigenvalue weighted by molar-refractivity contribution is 0.408. The Bertz CT molecular complexity index is 470. The van der Waals surface area contributed by atoms with Crippen LogP contribution in [-0.2, 0) is 6.54 Å². The van der Waals surface area contributed by atoms with Gasteiger partial charge in [0.15, 0.2) is 5.96 Å². The molecule has 1 N–H and O–H groups in total. The summed E-state index contributed by atoms with van der Waals surface area (Å²) in [5.41, 5.74) is 1.11. The zero-order valence-electron chi connectivity index (χ0n) is 13.4. The molecule has 1 aromatic heterocycles. The molecule has 0 radical (unpaired) electrons. The Kier molecular flexibility index (Phi) is 6.36. The number of thioether (sulfide) groups is 1. The van der Waals surface area contributed by atoms with Crippen LogP contribution in [0.2, 0.25) is 0 Å². The summed E-state index contributed by atoms with van der Waals surface area (Å²) in [4.78, 5) is 11.5. The summed E-state index contributed by atoms with van der Waals surface area (Å²) in [5, 5.41) is 7.55. The molecule has 1 aliphatic rings. The van der Waals surface area contributed by atoms with Crippen LogP contribution in [0.3, 0.4) is 0 Å². The molecule has 1 aliphatic heterocycles. The Hall–Kier alpha value is -0.750. The van der Waals surface area contributed by atoms with Gasteiger partial charge in [-0.3, -0.25) is 4.99 Å². The van der Waals surface area contributed by atoms with Gasteiger partial charge in [0.05, 0.1) is 17.2 Å². The molecule has 0 aliphatic carbocycles. The predicted octanol–water partition coefficient (Wildman–Crippen LogP) is 3.17. The summed E-state index contributed by atoms with van der Waals surface area (Å²) >= 11 is 3.83. The van der Waals surface area contributed by atoms with Crippen molar-refractivity contribution in [1.82, 2.24) is 15.2 Å². The molecule has 1 aromatic rings. The van der Waals surface area contributed by atoms with Crippen molar-refractivity contribution in [3.8, 4) is 0 Å². The van der Waals surface area contributed by atoms with Gasteiger partial charge in [0.1, 0.15) is 0 Å². The van der Waals surface area contributed by atoms with Crippen LogP contribution in [0, 0.1) is 0 Å². The van der Waals surface area contributed by atoms with Crippen molar-refractivity contribution in [2.75, 3.05) is 25.9 Å². The van der Waals surface area contributed by atoms with Gasteiger partial charge in [-0.2, -0.15) is 11.8 Å². The minimum atomic E-state index is 0.507. The molecule has 0 bridgehead atoms. The Balaban J connectivity index is 1.90. The molecular formula is C15H26N4S2. The predicted molar refractivity (Wildman–Crippen MR) is 94.5 cm³/mol. The van der Waals surface area contributed by atoms with Crippen LogP contribution < -0.4 is 5.32 Å².